The van der Waals surface area contributed by atoms with E-state index in [2.05, 4.69) is 33.9 Å². The summed E-state index contributed by atoms with van der Waals surface area (Å²) in [7, 11) is 1.77. The molecule has 0 aliphatic heterocycles. The van der Waals surface area contributed by atoms with Gasteiger partial charge in [-0.15, -0.1) is 0 Å². The van der Waals surface area contributed by atoms with Crippen LogP contribution >= 0.6 is 0 Å². The molecule has 3 unspecified atom stereocenters. The molecular weight excluding hydrogens is 352 g/mol. The third-order valence-corrected chi connectivity index (χ3v) is 4.92. The predicted octanol–water partition coefficient (Wildman–Crippen LogP) is 3.01. The molecule has 0 radical (unpaired) electrons. The van der Waals surface area contributed by atoms with Crippen molar-refractivity contribution >= 4 is 11.9 Å². The topological polar surface area (TPSA) is 74.8 Å². The molecule has 0 bridgehead atoms. The molecule has 1 amide bonds. The van der Waals surface area contributed by atoms with Gasteiger partial charge in [0.25, 0.3) is 0 Å². The number of benzene rings is 1. The van der Waals surface area contributed by atoms with Crippen molar-refractivity contribution in [1.82, 2.24) is 16.0 Å². The maximum atomic E-state index is 12.3. The predicted molar refractivity (Wildman–Crippen MR) is 115 cm³/mol. The fourth-order valence-electron chi connectivity index (χ4n) is 3.55. The normalized spacial score (nSPS) is 21.1. The quantitative estimate of drug-likeness (QED) is 0.496. The van der Waals surface area contributed by atoms with Crippen LogP contribution in [0.25, 0.3) is 0 Å². The van der Waals surface area contributed by atoms with Crippen LogP contribution in [0.5, 0.6) is 5.75 Å². The van der Waals surface area contributed by atoms with E-state index in [0.29, 0.717) is 6.54 Å². The summed E-state index contributed by atoms with van der Waals surface area (Å²) in [4.78, 5) is 16.7. The van der Waals surface area contributed by atoms with Gasteiger partial charge in [-0.2, -0.15) is 0 Å². The number of guanidine groups is 1. The zero-order chi connectivity index (χ0) is 20.5. The number of carbonyl (C=O) groups is 1. The second kappa shape index (κ2) is 10.9. The lowest BCUT2D eigenvalue weighted by atomic mass is 9.85. The Morgan fingerprint density at radius 3 is 2.75 bits per heavy atom. The molecule has 1 aliphatic rings. The molecule has 1 aromatic carbocycles. The average molecular weight is 389 g/mol. The third-order valence-electron chi connectivity index (χ3n) is 4.92. The number of amides is 1. The fourth-order valence-corrected chi connectivity index (χ4v) is 3.55. The highest BCUT2D eigenvalue weighted by Gasteiger charge is 2.28. The second-order valence-corrected chi connectivity index (χ2v) is 8.07. The molecule has 156 valence electrons. The SMILES string of the molecule is CN=C(NCC(C)Oc1cccc(C)c1)NC1CCCC(C(=O)NC(C)C)C1. The van der Waals surface area contributed by atoms with Crippen LogP contribution < -0.4 is 20.7 Å². The summed E-state index contributed by atoms with van der Waals surface area (Å²) in [6.45, 7) is 8.75. The van der Waals surface area contributed by atoms with Gasteiger partial charge in [-0.1, -0.05) is 18.6 Å². The lowest BCUT2D eigenvalue weighted by molar-refractivity contribution is -0.126. The van der Waals surface area contributed by atoms with E-state index in [-0.39, 0.29) is 30.0 Å². The van der Waals surface area contributed by atoms with Crippen molar-refractivity contribution < 1.29 is 9.53 Å². The van der Waals surface area contributed by atoms with Crippen LogP contribution in [0, 0.1) is 12.8 Å². The highest BCUT2D eigenvalue weighted by Crippen LogP contribution is 2.24. The lowest BCUT2D eigenvalue weighted by Crippen LogP contribution is -2.49. The van der Waals surface area contributed by atoms with E-state index < -0.39 is 0 Å². The largest absolute Gasteiger partial charge is 0.489 e. The molecule has 1 fully saturated rings. The molecule has 3 atom stereocenters. The summed E-state index contributed by atoms with van der Waals surface area (Å²) in [5.41, 5.74) is 1.18. The van der Waals surface area contributed by atoms with Crippen LogP contribution in [0.15, 0.2) is 29.3 Å². The lowest BCUT2D eigenvalue weighted by Gasteiger charge is -2.30. The van der Waals surface area contributed by atoms with E-state index in [9.17, 15) is 4.79 Å². The van der Waals surface area contributed by atoms with Crippen LogP contribution in [0.1, 0.15) is 52.0 Å². The minimum Gasteiger partial charge on any atom is -0.489 e. The van der Waals surface area contributed by atoms with Crippen molar-refractivity contribution in [2.24, 2.45) is 10.9 Å². The number of nitrogens with zero attached hydrogens (tertiary/aromatic N) is 1. The minimum absolute atomic E-state index is 0.0104. The van der Waals surface area contributed by atoms with E-state index >= 15 is 0 Å². The molecule has 0 spiro atoms. The van der Waals surface area contributed by atoms with E-state index in [1.807, 2.05) is 39.0 Å². The highest BCUT2D eigenvalue weighted by atomic mass is 16.5. The smallest absolute Gasteiger partial charge is 0.223 e. The van der Waals surface area contributed by atoms with Gasteiger partial charge in [0.1, 0.15) is 11.9 Å². The molecule has 28 heavy (non-hydrogen) atoms. The monoisotopic (exact) mass is 388 g/mol. The van der Waals surface area contributed by atoms with Crippen molar-refractivity contribution in [2.45, 2.75) is 71.6 Å². The van der Waals surface area contributed by atoms with Crippen LogP contribution in [0.4, 0.5) is 0 Å². The highest BCUT2D eigenvalue weighted by molar-refractivity contribution is 5.81. The Kier molecular flexibility index (Phi) is 8.61. The van der Waals surface area contributed by atoms with Crippen LogP contribution in [-0.4, -0.2) is 43.6 Å². The van der Waals surface area contributed by atoms with Crippen LogP contribution in [-0.2, 0) is 4.79 Å². The van der Waals surface area contributed by atoms with Gasteiger partial charge in [-0.05, 0) is 64.7 Å². The number of aliphatic imine (C=N–C) groups is 1. The Morgan fingerprint density at radius 2 is 2.07 bits per heavy atom. The third kappa shape index (κ3) is 7.41. The summed E-state index contributed by atoms with van der Waals surface area (Å²) in [5, 5.41) is 9.85. The molecule has 1 saturated carbocycles. The molecular formula is C22H36N4O2. The second-order valence-electron chi connectivity index (χ2n) is 8.07. The van der Waals surface area contributed by atoms with Gasteiger partial charge >= 0.3 is 0 Å². The molecule has 1 aromatic rings. The summed E-state index contributed by atoms with van der Waals surface area (Å²) < 4.78 is 5.97. The van der Waals surface area contributed by atoms with Gasteiger partial charge in [0.2, 0.25) is 5.91 Å². The van der Waals surface area contributed by atoms with Gasteiger partial charge in [0.15, 0.2) is 5.96 Å². The molecule has 0 aromatic heterocycles. The summed E-state index contributed by atoms with van der Waals surface area (Å²) >= 11 is 0. The summed E-state index contributed by atoms with van der Waals surface area (Å²) in [5.74, 6) is 1.89. The van der Waals surface area contributed by atoms with Gasteiger partial charge < -0.3 is 20.7 Å². The Hall–Kier alpha value is -2.24. The van der Waals surface area contributed by atoms with Crippen molar-refractivity contribution in [2.75, 3.05) is 13.6 Å². The molecule has 0 heterocycles. The van der Waals surface area contributed by atoms with E-state index in [1.54, 1.807) is 7.05 Å². The van der Waals surface area contributed by atoms with Gasteiger partial charge in [0, 0.05) is 25.0 Å². The molecule has 3 N–H and O–H groups in total. The number of hydrogen-bond donors (Lipinski definition) is 3. The molecule has 6 heteroatoms. The number of aryl methyl sites for hydroxylation is 1. The number of rotatable bonds is 7. The Morgan fingerprint density at radius 1 is 1.29 bits per heavy atom. The fraction of sp³-hybridized carbons (Fsp3) is 0.636. The molecule has 6 nitrogen and oxygen atoms in total. The Labute approximate surface area is 169 Å². The van der Waals surface area contributed by atoms with Crippen molar-refractivity contribution in [3.8, 4) is 5.75 Å². The van der Waals surface area contributed by atoms with Crippen LogP contribution in [0.2, 0.25) is 0 Å². The van der Waals surface area contributed by atoms with Crippen molar-refractivity contribution in [1.29, 1.82) is 0 Å². The first-order valence-corrected chi connectivity index (χ1v) is 10.4. The average Bonchev–Trinajstić information content (AvgIpc) is 2.64. The van der Waals surface area contributed by atoms with Crippen molar-refractivity contribution in [3.63, 3.8) is 0 Å². The first-order valence-electron chi connectivity index (χ1n) is 10.4. The van der Waals surface area contributed by atoms with Crippen LogP contribution in [0.3, 0.4) is 0 Å². The van der Waals surface area contributed by atoms with Crippen molar-refractivity contribution in [3.05, 3.63) is 29.8 Å². The maximum Gasteiger partial charge on any atom is 0.223 e. The van der Waals surface area contributed by atoms with Gasteiger partial charge in [-0.3, -0.25) is 9.79 Å². The minimum atomic E-state index is 0.0104. The molecule has 1 aliphatic carbocycles. The van der Waals surface area contributed by atoms with E-state index in [0.717, 1.165) is 37.4 Å². The first-order chi connectivity index (χ1) is 13.4. The Balaban J connectivity index is 1.79. The Bertz CT molecular complexity index is 660. The zero-order valence-corrected chi connectivity index (χ0v) is 17.9. The van der Waals surface area contributed by atoms with E-state index in [4.69, 9.17) is 4.74 Å². The number of carbonyl (C=O) groups excluding carboxylic acids is 1. The first kappa shape index (κ1) is 22.1. The van der Waals surface area contributed by atoms with Gasteiger partial charge in [0.05, 0.1) is 6.54 Å². The maximum absolute atomic E-state index is 12.3. The standard InChI is InChI=1S/C22H36N4O2/c1-15(2)25-21(27)18-9-7-10-19(13-18)26-22(23-5)24-14-17(4)28-20-11-6-8-16(3)12-20/h6,8,11-12,15,17-19H,7,9-10,13-14H2,1-5H3,(H,25,27)(H2,23,24,26). The number of ether oxygens (including phenoxy) is 1. The number of nitrogens with one attached hydrogen (secondary N) is 3. The number of hydrogen-bond acceptors (Lipinski definition) is 3. The zero-order valence-electron chi connectivity index (χ0n) is 17.9. The van der Waals surface area contributed by atoms with E-state index in [1.165, 1.54) is 5.56 Å². The molecule has 0 saturated heterocycles. The van der Waals surface area contributed by atoms with Gasteiger partial charge in [-0.25, -0.2) is 0 Å². The summed E-state index contributed by atoms with van der Waals surface area (Å²) in [6.07, 6.45) is 3.93. The summed E-state index contributed by atoms with van der Waals surface area (Å²) in [6, 6.07) is 8.51. The molecule has 2 rings (SSSR count).